The molecule has 11 heterocycles. The fourth-order valence-electron chi connectivity index (χ4n) is 13.7. The Bertz CT molecular complexity index is 6180. The number of piperidine rings is 2. The molecule has 0 atom stereocenters. The number of ketones is 2. The number of aromatic nitrogens is 9. The molecule has 8 aromatic carbocycles. The molecule has 2 aliphatic rings. The lowest BCUT2D eigenvalue weighted by molar-refractivity contribution is 0.0985. The van der Waals surface area contributed by atoms with Crippen molar-refractivity contribution in [1.82, 2.24) is 60.0 Å². The van der Waals surface area contributed by atoms with Crippen molar-refractivity contribution < 1.29 is 23.9 Å². The first kappa shape index (κ1) is 76.5. The quantitative estimate of drug-likeness (QED) is 0.0638. The molecule has 0 saturated carbocycles. The Kier molecular flexibility index (Phi) is 24.3. The first-order valence-electron chi connectivity index (χ1n) is 36.7. The summed E-state index contributed by atoms with van der Waals surface area (Å²) in [7, 11) is 0. The Hall–Kier alpha value is -9.85. The molecule has 2 aliphatic heterocycles. The number of anilines is 3. The number of nitrogens with zero attached hydrogens (tertiary/aromatic N) is 12. The second-order valence-corrected chi connectivity index (χ2v) is 34.7. The van der Waals surface area contributed by atoms with Crippen LogP contribution in [0.15, 0.2) is 162 Å². The Labute approximate surface area is 672 Å². The van der Waals surface area contributed by atoms with Crippen LogP contribution >= 0.6 is 90.7 Å². The van der Waals surface area contributed by atoms with E-state index in [2.05, 4.69) is 108 Å². The number of likely N-dealkylation sites (tertiary alicyclic amines) is 2. The second-order valence-electron chi connectivity index (χ2n) is 26.6. The van der Waals surface area contributed by atoms with E-state index in [0.29, 0.717) is 47.4 Å². The molecular formula is C83H79N15O5S8. The SMILES string of the molecule is C.CCN(CC)c1ccc(C(=O)Cc2nc3ccc4sc(C)nc4c3s2)cc1.O=C(Cc1nc2ccc3scnc3c2s1)c1ccc2cc(OCCN3CCCCC3)ccc2c1.O=C(NCCN1CCCCC1)Nc1nc2ccc3scnc3c2s1.O=C(Nc1nc2ccc3scnc3c2s1)c1cnc2ccccc2c1. The molecule has 19 rings (SSSR count). The highest BCUT2D eigenvalue weighted by Crippen LogP contribution is 2.38. The first-order chi connectivity index (χ1) is 53.9. The molecular weight excluding hydrogens is 1540 g/mol. The van der Waals surface area contributed by atoms with Crippen LogP contribution in [0, 0.1) is 6.92 Å². The molecule has 0 unspecified atom stereocenters. The van der Waals surface area contributed by atoms with Crippen LogP contribution in [-0.2, 0) is 12.8 Å². The fourth-order valence-corrected chi connectivity index (χ4v) is 20.9. The van der Waals surface area contributed by atoms with Gasteiger partial charge in [-0.25, -0.2) is 44.7 Å². The van der Waals surface area contributed by atoms with Crippen molar-refractivity contribution in [3.8, 4) is 5.75 Å². The maximum Gasteiger partial charge on any atom is 0.321 e. The largest absolute Gasteiger partial charge is 0.492 e. The van der Waals surface area contributed by atoms with Gasteiger partial charge in [-0.1, -0.05) is 79.3 Å². The van der Waals surface area contributed by atoms with Gasteiger partial charge >= 0.3 is 6.03 Å². The first-order valence-corrected chi connectivity index (χ1v) is 43.4. The van der Waals surface area contributed by atoms with Gasteiger partial charge in [0.15, 0.2) is 21.8 Å². The summed E-state index contributed by atoms with van der Waals surface area (Å²) in [5.41, 5.74) is 17.0. The number of ether oxygens (including phenoxy) is 1. The van der Waals surface area contributed by atoms with Crippen molar-refractivity contribution >= 4 is 234 Å². The molecule has 3 amide bonds. The number of thiazole rings is 8. The van der Waals surface area contributed by atoms with E-state index in [9.17, 15) is 19.2 Å². The van der Waals surface area contributed by atoms with Crippen LogP contribution in [0.1, 0.15) is 106 Å². The third kappa shape index (κ3) is 17.9. The maximum absolute atomic E-state index is 13.0. The van der Waals surface area contributed by atoms with Gasteiger partial charge in [-0.3, -0.25) is 34.9 Å². The van der Waals surface area contributed by atoms with Gasteiger partial charge in [-0.05, 0) is 187 Å². The molecule has 28 heteroatoms. The number of para-hydroxylation sites is 1. The van der Waals surface area contributed by atoms with Crippen molar-refractivity contribution in [3.05, 3.63) is 194 Å². The summed E-state index contributed by atoms with van der Waals surface area (Å²) in [6, 6.07) is 45.4. The summed E-state index contributed by atoms with van der Waals surface area (Å²) in [6.07, 6.45) is 10.0. The fraction of sp³-hybridized carbons (Fsp3) is 0.265. The Balaban J connectivity index is 0.000000118. The van der Waals surface area contributed by atoms with Crippen LogP contribution < -0.4 is 25.6 Å². The van der Waals surface area contributed by atoms with Gasteiger partial charge in [0.25, 0.3) is 5.91 Å². The lowest BCUT2D eigenvalue weighted by atomic mass is 10.0. The number of fused-ring (bicyclic) bond motifs is 14. The van der Waals surface area contributed by atoms with E-state index in [1.807, 2.05) is 145 Å². The van der Waals surface area contributed by atoms with E-state index in [1.165, 1.54) is 79.0 Å². The van der Waals surface area contributed by atoms with Gasteiger partial charge < -0.3 is 19.9 Å². The predicted molar refractivity (Wildman–Crippen MR) is 465 cm³/mol. The molecule has 9 aromatic heterocycles. The van der Waals surface area contributed by atoms with Gasteiger partial charge in [-0.15, -0.1) is 68.0 Å². The van der Waals surface area contributed by atoms with E-state index in [4.69, 9.17) is 4.74 Å². The smallest absolute Gasteiger partial charge is 0.321 e. The third-order valence-electron chi connectivity index (χ3n) is 19.3. The van der Waals surface area contributed by atoms with Crippen LogP contribution in [0.25, 0.3) is 103 Å². The Morgan fingerprint density at radius 2 is 0.982 bits per heavy atom. The molecule has 0 bridgehead atoms. The molecule has 2 saturated heterocycles. The van der Waals surface area contributed by atoms with Crippen LogP contribution in [0.5, 0.6) is 5.75 Å². The minimum atomic E-state index is -0.216. The van der Waals surface area contributed by atoms with E-state index in [-0.39, 0.29) is 30.9 Å². The molecule has 564 valence electrons. The molecule has 0 spiro atoms. The average molecular weight is 1620 g/mol. The monoisotopic (exact) mass is 1620 g/mol. The molecule has 0 aliphatic carbocycles. The topological polar surface area (TPSA) is 239 Å². The van der Waals surface area contributed by atoms with E-state index in [1.54, 1.807) is 74.2 Å². The average Bonchev–Trinajstić information content (AvgIpc) is 1.65. The van der Waals surface area contributed by atoms with Crippen LogP contribution in [-0.4, -0.2) is 144 Å². The van der Waals surface area contributed by atoms with Crippen LogP contribution in [0.4, 0.5) is 20.7 Å². The number of hydrogen-bond donors (Lipinski definition) is 3. The van der Waals surface area contributed by atoms with E-state index >= 15 is 0 Å². The predicted octanol–water partition coefficient (Wildman–Crippen LogP) is 20.7. The number of hydrogen-bond acceptors (Lipinski definition) is 25. The zero-order chi connectivity index (χ0) is 75.0. The number of pyridine rings is 1. The number of nitrogens with one attached hydrogen (secondary N) is 3. The molecule has 17 aromatic rings. The van der Waals surface area contributed by atoms with Crippen molar-refractivity contribution in [3.63, 3.8) is 0 Å². The Morgan fingerprint density at radius 3 is 1.59 bits per heavy atom. The molecule has 20 nitrogen and oxygen atoms in total. The maximum atomic E-state index is 13.0. The highest BCUT2D eigenvalue weighted by atomic mass is 32.1. The van der Waals surface area contributed by atoms with Gasteiger partial charge in [0.2, 0.25) is 0 Å². The molecule has 111 heavy (non-hydrogen) atoms. The minimum Gasteiger partial charge on any atom is -0.492 e. The zero-order valence-electron chi connectivity index (χ0n) is 60.5. The summed E-state index contributed by atoms with van der Waals surface area (Å²) >= 11 is 12.6. The van der Waals surface area contributed by atoms with Crippen LogP contribution in [0.3, 0.4) is 0 Å². The highest BCUT2D eigenvalue weighted by molar-refractivity contribution is 7.25. The molecule has 3 N–H and O–H groups in total. The molecule has 0 radical (unpaired) electrons. The highest BCUT2D eigenvalue weighted by Gasteiger charge is 2.21. The summed E-state index contributed by atoms with van der Waals surface area (Å²) in [6.45, 7) is 16.1. The second kappa shape index (κ2) is 35.2. The number of urea groups is 1. The summed E-state index contributed by atoms with van der Waals surface area (Å²) < 4.78 is 14.8. The number of benzene rings is 8. The van der Waals surface area contributed by atoms with Gasteiger partial charge in [0, 0.05) is 61.1 Å². The lowest BCUT2D eigenvalue weighted by Crippen LogP contribution is -2.39. The standard InChI is InChI=1S/C27H25N3O2S2.C21H21N3OS2.C18H10N4OS2.C16H19N5OS2.CH4/c31-23(16-25-29-22-8-9-24-26(27(22)34-25)28-17-33-24)20-5-4-19-15-21(7-6-18(19)14-20)32-13-12-30-10-2-1-3-11-30;1-4-24(5-2)15-8-6-14(7-9-15)17(25)12-19-23-16-10-11-18-20(21(16)27-19)22-13(3)26-18;23-17(11-7-10-3-1-2-4-12(10)19-8-11)22-18-21-13-5-6-14-15(16(13)25-18)20-9-24-14;22-15(17-6-9-21-7-2-1-3-8-21)20-16-19-11-4-5-12-13(14(11)24-16)18-10-23-12;/h4-9,14-15,17H,1-3,10-13,16H2;6-11H,4-5,12H2,1-3H3;1-9H,(H,21,22,23);4-5,10H,1-3,6-9H2,(H2,17,19,20,22);1H4. The van der Waals surface area contributed by atoms with Crippen molar-refractivity contribution in [2.24, 2.45) is 0 Å². The van der Waals surface area contributed by atoms with Crippen LogP contribution in [0.2, 0.25) is 0 Å². The number of rotatable bonds is 19. The minimum absolute atomic E-state index is 0. The van der Waals surface area contributed by atoms with Crippen molar-refractivity contribution in [2.45, 2.75) is 79.6 Å². The summed E-state index contributed by atoms with van der Waals surface area (Å²) in [5.74, 6) is 0.849. The summed E-state index contributed by atoms with van der Waals surface area (Å²) in [5, 5.41) is 15.6. The number of carbonyl (C=O) groups excluding carboxylic acids is 4. The van der Waals surface area contributed by atoms with E-state index in [0.717, 1.165) is 170 Å². The number of amides is 3. The lowest BCUT2D eigenvalue weighted by Gasteiger charge is -2.26. The zero-order valence-corrected chi connectivity index (χ0v) is 67.0. The van der Waals surface area contributed by atoms with Gasteiger partial charge in [0.1, 0.15) is 44.4 Å². The van der Waals surface area contributed by atoms with E-state index < -0.39 is 0 Å². The number of aryl methyl sites for hydroxylation is 1. The third-order valence-corrected chi connectivity index (χ3v) is 26.8. The normalized spacial score (nSPS) is 13.3. The van der Waals surface area contributed by atoms with Crippen molar-refractivity contribution in [1.29, 1.82) is 0 Å². The van der Waals surface area contributed by atoms with Gasteiger partial charge in [-0.2, -0.15) is 0 Å². The number of carbonyl (C=O) groups is 4. The summed E-state index contributed by atoms with van der Waals surface area (Å²) in [4.78, 5) is 98.1. The van der Waals surface area contributed by atoms with Crippen molar-refractivity contribution in [2.75, 3.05) is 81.0 Å². The molecule has 2 fully saturated rings. The number of Topliss-reactive ketones (excluding diaryl/α,β-unsaturated/α-hetero) is 2. The van der Waals surface area contributed by atoms with Gasteiger partial charge in [0.05, 0.1) is 105 Å². The Morgan fingerprint density at radius 1 is 0.468 bits per heavy atom.